The Balaban J connectivity index is 2.20. The van der Waals surface area contributed by atoms with Gasteiger partial charge in [-0.2, -0.15) is 13.2 Å². The Morgan fingerprint density at radius 2 is 1.89 bits per heavy atom. The van der Waals surface area contributed by atoms with E-state index in [9.17, 15) is 18.3 Å². The smallest absolute Gasteiger partial charge is 0.388 e. The average molecular weight is 274 g/mol. The first-order valence-corrected chi connectivity index (χ1v) is 6.33. The normalized spacial score (nSPS) is 19.4. The summed E-state index contributed by atoms with van der Waals surface area (Å²) >= 11 is 0. The van der Waals surface area contributed by atoms with Crippen LogP contribution in [0.4, 0.5) is 13.2 Å². The van der Waals surface area contributed by atoms with E-state index in [1.54, 1.807) is 6.92 Å². The fourth-order valence-corrected chi connectivity index (χ4v) is 2.47. The van der Waals surface area contributed by atoms with Crippen molar-refractivity contribution >= 4 is 0 Å². The molecule has 1 aliphatic heterocycles. The van der Waals surface area contributed by atoms with E-state index in [1.165, 1.54) is 6.07 Å². The molecular weight excluding hydrogens is 257 g/mol. The molecule has 2 rings (SSSR count). The summed E-state index contributed by atoms with van der Waals surface area (Å²) in [6.45, 7) is 2.80. The minimum Gasteiger partial charge on any atom is -0.388 e. The lowest BCUT2D eigenvalue weighted by Crippen LogP contribution is -2.22. The van der Waals surface area contributed by atoms with Crippen molar-refractivity contribution in [2.45, 2.75) is 32.0 Å². The highest BCUT2D eigenvalue weighted by atomic mass is 19.4. The van der Waals surface area contributed by atoms with E-state index in [-0.39, 0.29) is 5.92 Å². The largest absolute Gasteiger partial charge is 0.416 e. The van der Waals surface area contributed by atoms with E-state index in [0.29, 0.717) is 24.3 Å². The van der Waals surface area contributed by atoms with Gasteiger partial charge in [-0.1, -0.05) is 6.07 Å². The van der Waals surface area contributed by atoms with Gasteiger partial charge in [-0.3, -0.25) is 0 Å². The van der Waals surface area contributed by atoms with Crippen LogP contribution in [0.3, 0.4) is 0 Å². The molecule has 1 aliphatic rings. The summed E-state index contributed by atoms with van der Waals surface area (Å²) in [6, 6.07) is 3.51. The predicted molar refractivity (Wildman–Crippen MR) is 64.7 cm³/mol. The summed E-state index contributed by atoms with van der Waals surface area (Å²) in [5.74, 6) is 0.0594. The molecule has 1 N–H and O–H groups in total. The second kappa shape index (κ2) is 5.51. The van der Waals surface area contributed by atoms with Crippen molar-refractivity contribution in [1.29, 1.82) is 0 Å². The maximum Gasteiger partial charge on any atom is 0.416 e. The van der Waals surface area contributed by atoms with E-state index in [0.717, 1.165) is 25.0 Å². The number of rotatable bonds is 2. The molecule has 2 nitrogen and oxygen atoms in total. The maximum atomic E-state index is 12.6. The SMILES string of the molecule is Cc1cc(C(F)(F)F)ccc1C(O)C1CCOCC1. The second-order valence-corrected chi connectivity index (χ2v) is 4.96. The van der Waals surface area contributed by atoms with Gasteiger partial charge in [0.2, 0.25) is 0 Å². The van der Waals surface area contributed by atoms with Crippen LogP contribution in [0.2, 0.25) is 0 Å². The molecule has 1 heterocycles. The molecule has 106 valence electrons. The van der Waals surface area contributed by atoms with Gasteiger partial charge in [0.15, 0.2) is 0 Å². The first-order valence-electron chi connectivity index (χ1n) is 6.33. The summed E-state index contributed by atoms with van der Waals surface area (Å²) < 4.78 is 42.9. The van der Waals surface area contributed by atoms with Crippen molar-refractivity contribution in [2.24, 2.45) is 5.92 Å². The Morgan fingerprint density at radius 1 is 1.26 bits per heavy atom. The van der Waals surface area contributed by atoms with Gasteiger partial charge in [-0.25, -0.2) is 0 Å². The lowest BCUT2D eigenvalue weighted by molar-refractivity contribution is -0.137. The van der Waals surface area contributed by atoms with Gasteiger partial charge in [0.05, 0.1) is 11.7 Å². The van der Waals surface area contributed by atoms with Gasteiger partial charge < -0.3 is 9.84 Å². The number of benzene rings is 1. The van der Waals surface area contributed by atoms with Crippen LogP contribution < -0.4 is 0 Å². The third kappa shape index (κ3) is 3.28. The predicted octanol–water partition coefficient (Wildman–Crippen LogP) is 3.47. The van der Waals surface area contributed by atoms with Crippen LogP contribution in [0, 0.1) is 12.8 Å². The summed E-state index contributed by atoms with van der Waals surface area (Å²) in [7, 11) is 0. The zero-order valence-corrected chi connectivity index (χ0v) is 10.7. The Hall–Kier alpha value is -1.07. The number of aliphatic hydroxyl groups is 1. The first kappa shape index (κ1) is 14.3. The monoisotopic (exact) mass is 274 g/mol. The van der Waals surface area contributed by atoms with E-state index in [2.05, 4.69) is 0 Å². The van der Waals surface area contributed by atoms with Gasteiger partial charge in [0.25, 0.3) is 0 Å². The summed E-state index contributed by atoms with van der Waals surface area (Å²) in [6.07, 6.45) is -3.58. The first-order chi connectivity index (χ1) is 8.89. The Bertz CT molecular complexity index is 437. The molecule has 5 heteroatoms. The molecule has 1 unspecified atom stereocenters. The zero-order chi connectivity index (χ0) is 14.0. The molecule has 0 aliphatic carbocycles. The van der Waals surface area contributed by atoms with Crippen molar-refractivity contribution in [1.82, 2.24) is 0 Å². The molecule has 1 saturated heterocycles. The molecule has 0 radical (unpaired) electrons. The molecular formula is C14H17F3O2. The number of alkyl halides is 3. The highest BCUT2D eigenvalue weighted by molar-refractivity contribution is 5.34. The van der Waals surface area contributed by atoms with Crippen molar-refractivity contribution in [3.63, 3.8) is 0 Å². The zero-order valence-electron chi connectivity index (χ0n) is 10.7. The molecule has 1 atom stereocenters. The topological polar surface area (TPSA) is 29.5 Å². The van der Waals surface area contributed by atoms with E-state index in [1.807, 2.05) is 0 Å². The minimum absolute atomic E-state index is 0.0594. The van der Waals surface area contributed by atoms with Gasteiger partial charge in [0, 0.05) is 13.2 Å². The fourth-order valence-electron chi connectivity index (χ4n) is 2.47. The number of aliphatic hydroxyl groups excluding tert-OH is 1. The van der Waals surface area contributed by atoms with Crippen LogP contribution in [0.1, 0.15) is 35.6 Å². The number of aryl methyl sites for hydroxylation is 1. The van der Waals surface area contributed by atoms with Crippen molar-refractivity contribution < 1.29 is 23.0 Å². The minimum atomic E-state index is -4.34. The third-order valence-corrected chi connectivity index (χ3v) is 3.63. The summed E-state index contributed by atoms with van der Waals surface area (Å²) in [4.78, 5) is 0. The lowest BCUT2D eigenvalue weighted by atomic mass is 9.87. The van der Waals surface area contributed by atoms with Gasteiger partial charge in [-0.05, 0) is 48.9 Å². The molecule has 1 aromatic rings. The second-order valence-electron chi connectivity index (χ2n) is 4.96. The Kier molecular flexibility index (Phi) is 4.16. The average Bonchev–Trinajstić information content (AvgIpc) is 2.38. The molecule has 1 aromatic carbocycles. The van der Waals surface area contributed by atoms with Crippen LogP contribution in [0.15, 0.2) is 18.2 Å². The van der Waals surface area contributed by atoms with Crippen LogP contribution in [-0.2, 0) is 10.9 Å². The standard InChI is InChI=1S/C14H17F3O2/c1-9-8-11(14(15,16)17)2-3-12(9)13(18)10-4-6-19-7-5-10/h2-3,8,10,13,18H,4-7H2,1H3. The van der Waals surface area contributed by atoms with Gasteiger partial charge in [-0.15, -0.1) is 0 Å². The quantitative estimate of drug-likeness (QED) is 0.894. The van der Waals surface area contributed by atoms with Crippen molar-refractivity contribution in [2.75, 3.05) is 13.2 Å². The van der Waals surface area contributed by atoms with Crippen LogP contribution in [-0.4, -0.2) is 18.3 Å². The highest BCUT2D eigenvalue weighted by Crippen LogP contribution is 2.35. The number of hydrogen-bond acceptors (Lipinski definition) is 2. The van der Waals surface area contributed by atoms with Gasteiger partial charge >= 0.3 is 6.18 Å². The highest BCUT2D eigenvalue weighted by Gasteiger charge is 2.32. The van der Waals surface area contributed by atoms with E-state index >= 15 is 0 Å². The summed E-state index contributed by atoms with van der Waals surface area (Å²) in [5, 5.41) is 10.3. The van der Waals surface area contributed by atoms with Gasteiger partial charge in [0.1, 0.15) is 0 Å². The number of halogens is 3. The molecule has 1 fully saturated rings. The molecule has 0 saturated carbocycles. The van der Waals surface area contributed by atoms with Crippen LogP contribution in [0.5, 0.6) is 0 Å². The maximum absolute atomic E-state index is 12.6. The number of hydrogen-bond donors (Lipinski definition) is 1. The van der Waals surface area contributed by atoms with E-state index < -0.39 is 17.8 Å². The molecule has 0 bridgehead atoms. The Morgan fingerprint density at radius 3 is 2.42 bits per heavy atom. The molecule has 0 aromatic heterocycles. The van der Waals surface area contributed by atoms with Crippen molar-refractivity contribution in [3.8, 4) is 0 Å². The van der Waals surface area contributed by atoms with Crippen LogP contribution >= 0.6 is 0 Å². The number of ether oxygens (including phenoxy) is 1. The Labute approximate surface area is 110 Å². The lowest BCUT2D eigenvalue weighted by Gasteiger charge is -2.28. The fraction of sp³-hybridized carbons (Fsp3) is 0.571. The van der Waals surface area contributed by atoms with E-state index in [4.69, 9.17) is 4.74 Å². The summed E-state index contributed by atoms with van der Waals surface area (Å²) in [5.41, 5.74) is 0.390. The van der Waals surface area contributed by atoms with Crippen LogP contribution in [0.25, 0.3) is 0 Å². The van der Waals surface area contributed by atoms with Crippen molar-refractivity contribution in [3.05, 3.63) is 34.9 Å². The molecule has 0 amide bonds. The molecule has 0 spiro atoms. The molecule has 19 heavy (non-hydrogen) atoms. The third-order valence-electron chi connectivity index (χ3n) is 3.63.